The molecule has 1 aromatic rings. The predicted molar refractivity (Wildman–Crippen MR) is 58.7 cm³/mol. The van der Waals surface area contributed by atoms with E-state index in [1.165, 1.54) is 4.90 Å². The Morgan fingerprint density at radius 2 is 1.69 bits per heavy atom. The molecule has 13 heavy (non-hydrogen) atoms. The molecule has 0 fully saturated rings. The minimum Gasteiger partial charge on any atom is -0.307 e. The van der Waals surface area contributed by atoms with Gasteiger partial charge in [-0.2, -0.15) is 0 Å². The number of thiol groups is 1. The lowest BCUT2D eigenvalue weighted by Gasteiger charge is -2.15. The Bertz CT molecular complexity index is 315. The van der Waals surface area contributed by atoms with Crippen LogP contribution >= 0.6 is 12.6 Å². The van der Waals surface area contributed by atoms with E-state index in [0.717, 1.165) is 16.8 Å². The molecule has 0 N–H and O–H groups in total. The second-order valence-corrected chi connectivity index (χ2v) is 3.57. The summed E-state index contributed by atoms with van der Waals surface area (Å²) in [6.45, 7) is 4.01. The number of rotatable bonds is 1. The smallest absolute Gasteiger partial charge is 0.282 e. The number of carbonyl (C=O) groups excluding carboxylic acids is 1. The van der Waals surface area contributed by atoms with Crippen molar-refractivity contribution in [2.45, 2.75) is 13.8 Å². The highest BCUT2D eigenvalue weighted by molar-refractivity contribution is 7.96. The zero-order chi connectivity index (χ0) is 10.0. The first kappa shape index (κ1) is 10.1. The number of carbonyl (C=O) groups is 1. The summed E-state index contributed by atoms with van der Waals surface area (Å²) in [4.78, 5) is 12.5. The highest BCUT2D eigenvalue weighted by atomic mass is 32.1. The molecule has 0 saturated carbocycles. The van der Waals surface area contributed by atoms with Crippen LogP contribution in [0.15, 0.2) is 18.2 Å². The topological polar surface area (TPSA) is 20.3 Å². The first-order chi connectivity index (χ1) is 6.00. The summed E-state index contributed by atoms with van der Waals surface area (Å²) in [5.74, 6) is 0. The Kier molecular flexibility index (Phi) is 2.98. The number of nitrogens with zero attached hydrogens (tertiary/aromatic N) is 1. The molecule has 0 heterocycles. The maximum atomic E-state index is 11.0. The SMILES string of the molecule is Cc1cc(C)cc(N(C)C(=O)S)c1. The van der Waals surface area contributed by atoms with E-state index in [2.05, 4.69) is 18.7 Å². The Hall–Kier alpha value is -0.960. The molecule has 0 aliphatic heterocycles. The van der Waals surface area contributed by atoms with Crippen molar-refractivity contribution in [3.8, 4) is 0 Å². The van der Waals surface area contributed by atoms with Gasteiger partial charge < -0.3 is 4.90 Å². The molecule has 0 aromatic heterocycles. The normalized spacial score (nSPS) is 9.85. The summed E-state index contributed by atoms with van der Waals surface area (Å²) in [6.07, 6.45) is 0. The minimum absolute atomic E-state index is 0.245. The van der Waals surface area contributed by atoms with E-state index in [1.54, 1.807) is 7.05 Å². The second kappa shape index (κ2) is 3.83. The van der Waals surface area contributed by atoms with Crippen LogP contribution < -0.4 is 4.90 Å². The number of amides is 1. The monoisotopic (exact) mass is 195 g/mol. The van der Waals surface area contributed by atoms with E-state index in [9.17, 15) is 4.79 Å². The van der Waals surface area contributed by atoms with Crippen LogP contribution in [0.1, 0.15) is 11.1 Å². The van der Waals surface area contributed by atoms with Gasteiger partial charge in [0.05, 0.1) is 0 Å². The van der Waals surface area contributed by atoms with Gasteiger partial charge in [-0.1, -0.05) is 18.7 Å². The molecule has 0 bridgehead atoms. The lowest BCUT2D eigenvalue weighted by Crippen LogP contribution is -2.19. The Labute approximate surface area is 84.0 Å². The molecule has 1 aromatic carbocycles. The summed E-state index contributed by atoms with van der Waals surface area (Å²) in [6, 6.07) is 5.99. The lowest BCUT2D eigenvalue weighted by molar-refractivity contribution is 0.266. The van der Waals surface area contributed by atoms with Crippen LogP contribution in [0.5, 0.6) is 0 Å². The van der Waals surface area contributed by atoms with E-state index in [-0.39, 0.29) is 5.24 Å². The van der Waals surface area contributed by atoms with Gasteiger partial charge in [0.15, 0.2) is 0 Å². The predicted octanol–water partition coefficient (Wildman–Crippen LogP) is 2.79. The molecule has 2 nitrogen and oxygen atoms in total. The zero-order valence-corrected chi connectivity index (χ0v) is 8.93. The standard InChI is InChI=1S/C10H13NOS/c1-7-4-8(2)6-9(5-7)11(3)10(12)13/h4-6H,1-3H3,(H,12,13). The van der Waals surface area contributed by atoms with Crippen LogP contribution in [0.2, 0.25) is 0 Å². The van der Waals surface area contributed by atoms with Crippen LogP contribution in [0.3, 0.4) is 0 Å². The number of hydrogen-bond acceptors (Lipinski definition) is 1. The third-order valence-electron chi connectivity index (χ3n) is 1.88. The average Bonchev–Trinajstić information content (AvgIpc) is 2.01. The minimum atomic E-state index is -0.245. The Balaban J connectivity index is 3.07. The molecule has 70 valence electrons. The summed E-state index contributed by atoms with van der Waals surface area (Å²) >= 11 is 3.76. The largest absolute Gasteiger partial charge is 0.307 e. The number of benzene rings is 1. The van der Waals surface area contributed by atoms with Crippen molar-refractivity contribution in [1.29, 1.82) is 0 Å². The van der Waals surface area contributed by atoms with Crippen LogP contribution in [0.25, 0.3) is 0 Å². The van der Waals surface area contributed by atoms with Gasteiger partial charge in [0.1, 0.15) is 0 Å². The van der Waals surface area contributed by atoms with Crippen molar-refractivity contribution in [3.05, 3.63) is 29.3 Å². The number of anilines is 1. The van der Waals surface area contributed by atoms with Crippen molar-refractivity contribution in [3.63, 3.8) is 0 Å². The lowest BCUT2D eigenvalue weighted by atomic mass is 10.1. The van der Waals surface area contributed by atoms with Crippen LogP contribution in [0, 0.1) is 13.8 Å². The Morgan fingerprint density at radius 3 is 2.08 bits per heavy atom. The summed E-state index contributed by atoms with van der Waals surface area (Å²) in [7, 11) is 1.71. The van der Waals surface area contributed by atoms with E-state index >= 15 is 0 Å². The summed E-state index contributed by atoms with van der Waals surface area (Å²) < 4.78 is 0. The zero-order valence-electron chi connectivity index (χ0n) is 8.03. The molecule has 0 saturated heterocycles. The molecule has 0 unspecified atom stereocenters. The highest BCUT2D eigenvalue weighted by Gasteiger charge is 2.06. The average molecular weight is 195 g/mol. The third-order valence-corrected chi connectivity index (χ3v) is 2.18. The van der Waals surface area contributed by atoms with Crippen LogP contribution in [-0.4, -0.2) is 12.3 Å². The van der Waals surface area contributed by atoms with Gasteiger partial charge in [0, 0.05) is 12.7 Å². The maximum absolute atomic E-state index is 11.0. The molecular weight excluding hydrogens is 182 g/mol. The molecule has 3 heteroatoms. The van der Waals surface area contributed by atoms with Crippen molar-refractivity contribution < 1.29 is 4.79 Å². The maximum Gasteiger partial charge on any atom is 0.282 e. The highest BCUT2D eigenvalue weighted by Crippen LogP contribution is 2.18. The molecule has 0 aliphatic carbocycles. The first-order valence-electron chi connectivity index (χ1n) is 4.05. The summed E-state index contributed by atoms with van der Waals surface area (Å²) in [5.41, 5.74) is 3.19. The molecule has 1 rings (SSSR count). The molecule has 0 atom stereocenters. The van der Waals surface area contributed by atoms with Gasteiger partial charge in [-0.25, -0.2) is 0 Å². The quantitative estimate of drug-likeness (QED) is 0.683. The van der Waals surface area contributed by atoms with Crippen LogP contribution in [0.4, 0.5) is 10.5 Å². The van der Waals surface area contributed by atoms with E-state index in [1.807, 2.05) is 26.0 Å². The van der Waals surface area contributed by atoms with Gasteiger partial charge >= 0.3 is 0 Å². The van der Waals surface area contributed by atoms with E-state index < -0.39 is 0 Å². The molecular formula is C10H13NOS. The van der Waals surface area contributed by atoms with Crippen LogP contribution in [-0.2, 0) is 0 Å². The summed E-state index contributed by atoms with van der Waals surface area (Å²) in [5, 5.41) is -0.245. The molecule has 0 spiro atoms. The Morgan fingerprint density at radius 1 is 1.23 bits per heavy atom. The number of hydrogen-bond donors (Lipinski definition) is 1. The van der Waals surface area contributed by atoms with Gasteiger partial charge in [0.25, 0.3) is 5.24 Å². The van der Waals surface area contributed by atoms with E-state index in [4.69, 9.17) is 0 Å². The van der Waals surface area contributed by atoms with Gasteiger partial charge in [-0.15, -0.1) is 0 Å². The fraction of sp³-hybridized carbons (Fsp3) is 0.300. The molecule has 0 aliphatic rings. The van der Waals surface area contributed by atoms with Crippen molar-refractivity contribution in [2.24, 2.45) is 0 Å². The fourth-order valence-corrected chi connectivity index (χ4v) is 1.37. The van der Waals surface area contributed by atoms with Crippen molar-refractivity contribution >= 4 is 23.6 Å². The first-order valence-corrected chi connectivity index (χ1v) is 4.50. The van der Waals surface area contributed by atoms with Gasteiger partial charge in [-0.05, 0) is 37.1 Å². The van der Waals surface area contributed by atoms with Crippen molar-refractivity contribution in [2.75, 3.05) is 11.9 Å². The van der Waals surface area contributed by atoms with E-state index in [0.29, 0.717) is 0 Å². The number of aryl methyl sites for hydroxylation is 2. The van der Waals surface area contributed by atoms with Gasteiger partial charge in [-0.3, -0.25) is 4.79 Å². The third kappa shape index (κ3) is 2.49. The molecule has 1 amide bonds. The van der Waals surface area contributed by atoms with Crippen molar-refractivity contribution in [1.82, 2.24) is 0 Å². The van der Waals surface area contributed by atoms with Gasteiger partial charge in [0.2, 0.25) is 0 Å². The molecule has 0 radical (unpaired) electrons. The fourth-order valence-electron chi connectivity index (χ4n) is 1.25. The second-order valence-electron chi connectivity index (χ2n) is 3.19.